The summed E-state index contributed by atoms with van der Waals surface area (Å²) < 4.78 is 26.7. The molecule has 124 valence electrons. The Labute approximate surface area is 144 Å². The van der Waals surface area contributed by atoms with Crippen molar-refractivity contribution in [2.24, 2.45) is 0 Å². The zero-order valence-corrected chi connectivity index (χ0v) is 14.4. The fourth-order valence-corrected chi connectivity index (χ4v) is 3.69. The molecule has 0 unspecified atom stereocenters. The first-order valence-electron chi connectivity index (χ1n) is 7.24. The van der Waals surface area contributed by atoms with Crippen LogP contribution in [0.5, 0.6) is 0 Å². The van der Waals surface area contributed by atoms with Gasteiger partial charge in [0.1, 0.15) is 0 Å². The van der Waals surface area contributed by atoms with E-state index in [9.17, 15) is 8.42 Å². The summed E-state index contributed by atoms with van der Waals surface area (Å²) in [5.74, 6) is -0.0585. The zero-order chi connectivity index (χ0) is 17.3. The molecule has 2 N–H and O–H groups in total. The lowest BCUT2D eigenvalue weighted by Crippen LogP contribution is -2.08. The van der Waals surface area contributed by atoms with Crippen LogP contribution in [0.4, 0.5) is 5.82 Å². The van der Waals surface area contributed by atoms with Crippen LogP contribution in [0.15, 0.2) is 58.5 Å². The average Bonchev–Trinajstić information content (AvgIpc) is 2.97. The quantitative estimate of drug-likeness (QED) is 0.770. The highest BCUT2D eigenvalue weighted by Gasteiger charge is 2.26. The number of benzene rings is 2. The molecule has 24 heavy (non-hydrogen) atoms. The second-order valence-electron chi connectivity index (χ2n) is 5.17. The first-order chi connectivity index (χ1) is 11.4. The monoisotopic (exact) mass is 362 g/mol. The molecule has 0 radical (unpaired) electrons. The normalized spacial score (nSPS) is 11.6. The minimum absolute atomic E-state index is 0.0585. The Morgan fingerprint density at radius 1 is 1.17 bits per heavy atom. The Morgan fingerprint density at radius 3 is 2.50 bits per heavy atom. The van der Waals surface area contributed by atoms with Crippen molar-refractivity contribution in [3.63, 3.8) is 0 Å². The number of rotatable bonds is 4. The summed E-state index contributed by atoms with van der Waals surface area (Å²) >= 11 is 5.95. The lowest BCUT2D eigenvalue weighted by Gasteiger charge is -2.05. The summed E-state index contributed by atoms with van der Waals surface area (Å²) in [7, 11) is -3.84. The fourth-order valence-electron chi connectivity index (χ4n) is 2.28. The van der Waals surface area contributed by atoms with E-state index in [1.807, 2.05) is 6.92 Å². The molecule has 1 aromatic heterocycles. The van der Waals surface area contributed by atoms with Crippen molar-refractivity contribution < 1.29 is 8.42 Å². The van der Waals surface area contributed by atoms with Gasteiger partial charge in [0.2, 0.25) is 14.9 Å². The Bertz CT molecular complexity index is 982. The lowest BCUT2D eigenvalue weighted by molar-refractivity contribution is 0.592. The summed E-state index contributed by atoms with van der Waals surface area (Å²) in [4.78, 5) is 0.129. The second-order valence-corrected chi connectivity index (χ2v) is 7.47. The Morgan fingerprint density at radius 2 is 1.88 bits per heavy atom. The van der Waals surface area contributed by atoms with Crippen LogP contribution >= 0.6 is 11.6 Å². The summed E-state index contributed by atoms with van der Waals surface area (Å²) in [5, 5.41) is 7.84. The van der Waals surface area contributed by atoms with E-state index in [1.54, 1.807) is 48.5 Å². The van der Waals surface area contributed by atoms with Gasteiger partial charge in [-0.15, -0.1) is 5.10 Å². The Kier molecular flexibility index (Phi) is 4.29. The maximum absolute atomic E-state index is 12.7. The number of hydrogen-bond acceptors (Lipinski definition) is 5. The molecule has 3 aromatic rings. The van der Waals surface area contributed by atoms with Gasteiger partial charge in [-0.3, -0.25) is 0 Å². The van der Waals surface area contributed by atoms with Crippen molar-refractivity contribution >= 4 is 27.3 Å². The number of nitrogen functional groups attached to an aromatic ring is 1. The highest BCUT2D eigenvalue weighted by atomic mass is 35.5. The summed E-state index contributed by atoms with van der Waals surface area (Å²) in [6.45, 7) is 2.00. The summed E-state index contributed by atoms with van der Waals surface area (Å²) in [5.41, 5.74) is 7.56. The third-order valence-corrected chi connectivity index (χ3v) is 5.55. The molecule has 1 heterocycles. The molecular formula is C16H15ClN4O2S. The Balaban J connectivity index is 2.06. The first kappa shape index (κ1) is 16.5. The van der Waals surface area contributed by atoms with Crippen molar-refractivity contribution in [3.8, 4) is 5.69 Å². The molecule has 0 amide bonds. The average molecular weight is 363 g/mol. The highest BCUT2D eigenvalue weighted by Crippen LogP contribution is 2.26. The van der Waals surface area contributed by atoms with E-state index in [0.29, 0.717) is 10.7 Å². The predicted molar refractivity (Wildman–Crippen MR) is 92.1 cm³/mol. The number of anilines is 1. The van der Waals surface area contributed by atoms with E-state index in [0.717, 1.165) is 12.0 Å². The lowest BCUT2D eigenvalue weighted by atomic mass is 10.2. The van der Waals surface area contributed by atoms with Gasteiger partial charge in [0.25, 0.3) is 0 Å². The SMILES string of the molecule is CCc1ccc(S(=O)(=O)c2nnn(-c3cccc(Cl)c3)c2N)cc1. The molecule has 2 aromatic carbocycles. The predicted octanol–water partition coefficient (Wildman–Crippen LogP) is 2.90. The van der Waals surface area contributed by atoms with Crippen molar-refractivity contribution in [1.82, 2.24) is 15.0 Å². The minimum Gasteiger partial charge on any atom is -0.381 e. The van der Waals surface area contributed by atoms with E-state index in [2.05, 4.69) is 10.3 Å². The van der Waals surface area contributed by atoms with Gasteiger partial charge < -0.3 is 5.73 Å². The number of nitrogens with zero attached hydrogens (tertiary/aromatic N) is 3. The zero-order valence-electron chi connectivity index (χ0n) is 12.8. The molecule has 0 saturated heterocycles. The van der Waals surface area contributed by atoms with Gasteiger partial charge in [0.05, 0.1) is 10.6 Å². The van der Waals surface area contributed by atoms with Crippen molar-refractivity contribution in [3.05, 3.63) is 59.1 Å². The highest BCUT2D eigenvalue weighted by molar-refractivity contribution is 7.91. The second kappa shape index (κ2) is 6.26. The molecule has 3 rings (SSSR count). The third-order valence-electron chi connectivity index (χ3n) is 3.62. The van der Waals surface area contributed by atoms with Gasteiger partial charge in [-0.25, -0.2) is 8.42 Å². The van der Waals surface area contributed by atoms with E-state index in [-0.39, 0.29) is 15.7 Å². The molecule has 0 aliphatic heterocycles. The van der Waals surface area contributed by atoms with Gasteiger partial charge in [-0.05, 0) is 42.3 Å². The Hall–Kier alpha value is -2.38. The summed E-state index contributed by atoms with van der Waals surface area (Å²) in [6.07, 6.45) is 0.827. The van der Waals surface area contributed by atoms with Crippen LogP contribution < -0.4 is 5.73 Å². The minimum atomic E-state index is -3.84. The molecular weight excluding hydrogens is 348 g/mol. The van der Waals surface area contributed by atoms with Crippen molar-refractivity contribution in [1.29, 1.82) is 0 Å². The number of aromatic nitrogens is 3. The summed E-state index contributed by atoms with van der Waals surface area (Å²) in [6, 6.07) is 13.4. The number of aryl methyl sites for hydroxylation is 1. The van der Waals surface area contributed by atoms with E-state index in [4.69, 9.17) is 17.3 Å². The maximum atomic E-state index is 12.7. The van der Waals surface area contributed by atoms with Crippen LogP contribution in [0.1, 0.15) is 12.5 Å². The number of hydrogen-bond donors (Lipinski definition) is 1. The van der Waals surface area contributed by atoms with E-state index in [1.165, 1.54) is 4.68 Å². The van der Waals surface area contributed by atoms with Gasteiger partial charge in [-0.2, -0.15) is 4.68 Å². The van der Waals surface area contributed by atoms with E-state index < -0.39 is 9.84 Å². The number of nitrogens with two attached hydrogens (primary N) is 1. The maximum Gasteiger partial charge on any atom is 0.229 e. The molecule has 0 atom stereocenters. The molecule has 0 saturated carbocycles. The first-order valence-corrected chi connectivity index (χ1v) is 9.10. The smallest absolute Gasteiger partial charge is 0.229 e. The van der Waals surface area contributed by atoms with Gasteiger partial charge in [0.15, 0.2) is 5.82 Å². The third kappa shape index (κ3) is 2.88. The number of sulfone groups is 1. The van der Waals surface area contributed by atoms with Crippen LogP contribution in [0.3, 0.4) is 0 Å². The van der Waals surface area contributed by atoms with Gasteiger partial charge in [-0.1, -0.05) is 41.9 Å². The fraction of sp³-hybridized carbons (Fsp3) is 0.125. The molecule has 0 spiro atoms. The largest absolute Gasteiger partial charge is 0.381 e. The van der Waals surface area contributed by atoms with Crippen molar-refractivity contribution in [2.75, 3.05) is 5.73 Å². The van der Waals surface area contributed by atoms with Crippen molar-refractivity contribution in [2.45, 2.75) is 23.3 Å². The molecule has 0 aliphatic carbocycles. The van der Waals surface area contributed by atoms with Gasteiger partial charge in [0, 0.05) is 5.02 Å². The molecule has 8 heteroatoms. The van der Waals surface area contributed by atoms with Crippen LogP contribution in [0.2, 0.25) is 5.02 Å². The molecule has 6 nitrogen and oxygen atoms in total. The molecule has 0 bridgehead atoms. The van der Waals surface area contributed by atoms with Crippen LogP contribution in [0.25, 0.3) is 5.69 Å². The van der Waals surface area contributed by atoms with Crippen LogP contribution in [-0.4, -0.2) is 23.4 Å². The molecule has 0 aliphatic rings. The molecule has 0 fully saturated rings. The van der Waals surface area contributed by atoms with E-state index >= 15 is 0 Å². The van der Waals surface area contributed by atoms with Crippen LogP contribution in [-0.2, 0) is 16.3 Å². The van der Waals surface area contributed by atoms with Gasteiger partial charge >= 0.3 is 0 Å². The number of halogens is 1. The standard InChI is InChI=1S/C16H15ClN4O2S/c1-2-11-6-8-14(9-7-11)24(22,23)16-15(18)21(20-19-16)13-5-3-4-12(17)10-13/h3-10H,2,18H2,1H3. The van der Waals surface area contributed by atoms with Crippen LogP contribution in [0, 0.1) is 0 Å². The topological polar surface area (TPSA) is 90.9 Å².